The van der Waals surface area contributed by atoms with Gasteiger partial charge in [-0.05, 0) is 62.3 Å². The zero-order valence-electron chi connectivity index (χ0n) is 9.35. The molecule has 0 radical (unpaired) electrons. The Morgan fingerprint density at radius 3 is 2.21 bits per heavy atom. The van der Waals surface area contributed by atoms with Crippen LogP contribution in [0.2, 0.25) is 0 Å². The van der Waals surface area contributed by atoms with Crippen molar-refractivity contribution < 1.29 is 0 Å². The minimum Gasteiger partial charge on any atom is -0.325 e. The van der Waals surface area contributed by atoms with E-state index >= 15 is 0 Å². The predicted molar refractivity (Wildman–Crippen MR) is 60.5 cm³/mol. The third-order valence-corrected chi connectivity index (χ3v) is 3.39. The van der Waals surface area contributed by atoms with Crippen molar-refractivity contribution in [2.75, 3.05) is 0 Å². The van der Waals surface area contributed by atoms with Crippen LogP contribution in [0.3, 0.4) is 0 Å². The zero-order valence-corrected chi connectivity index (χ0v) is 9.35. The van der Waals surface area contributed by atoms with Crippen LogP contribution in [0.25, 0.3) is 0 Å². The van der Waals surface area contributed by atoms with Gasteiger partial charge in [0.1, 0.15) is 0 Å². The van der Waals surface area contributed by atoms with Crippen molar-refractivity contribution in [3.05, 3.63) is 34.4 Å². The fourth-order valence-corrected chi connectivity index (χ4v) is 1.93. The van der Waals surface area contributed by atoms with E-state index < -0.39 is 0 Å². The summed E-state index contributed by atoms with van der Waals surface area (Å²) in [6.07, 6.45) is 3.44. The van der Waals surface area contributed by atoms with Crippen LogP contribution in [0, 0.1) is 20.8 Å². The summed E-state index contributed by atoms with van der Waals surface area (Å²) >= 11 is 0. The number of hydrogen-bond donors (Lipinski definition) is 1. The van der Waals surface area contributed by atoms with Gasteiger partial charge in [0.05, 0.1) is 0 Å². The third-order valence-electron chi connectivity index (χ3n) is 3.39. The molecule has 2 rings (SSSR count). The monoisotopic (exact) mass is 189 g/mol. The molecule has 0 saturated heterocycles. The summed E-state index contributed by atoms with van der Waals surface area (Å²) in [5, 5.41) is 0. The Bertz CT molecular complexity index is 362. The first-order chi connectivity index (χ1) is 6.50. The SMILES string of the molecule is Cc1cc(C)c(CC2(N)CC2)cc1C. The van der Waals surface area contributed by atoms with Crippen LogP contribution < -0.4 is 5.73 Å². The zero-order chi connectivity index (χ0) is 10.3. The lowest BCUT2D eigenvalue weighted by Crippen LogP contribution is -2.25. The Morgan fingerprint density at radius 2 is 1.64 bits per heavy atom. The summed E-state index contributed by atoms with van der Waals surface area (Å²) in [5.41, 5.74) is 11.9. The molecule has 14 heavy (non-hydrogen) atoms. The molecule has 0 aromatic heterocycles. The molecule has 1 aliphatic rings. The molecule has 0 unspecified atom stereocenters. The van der Waals surface area contributed by atoms with Crippen molar-refractivity contribution >= 4 is 0 Å². The fraction of sp³-hybridized carbons (Fsp3) is 0.538. The lowest BCUT2D eigenvalue weighted by molar-refractivity contribution is 0.669. The van der Waals surface area contributed by atoms with E-state index in [-0.39, 0.29) is 5.54 Å². The van der Waals surface area contributed by atoms with E-state index in [4.69, 9.17) is 5.73 Å². The lowest BCUT2D eigenvalue weighted by Gasteiger charge is -2.13. The second kappa shape index (κ2) is 3.09. The topological polar surface area (TPSA) is 26.0 Å². The Hall–Kier alpha value is -0.820. The van der Waals surface area contributed by atoms with Gasteiger partial charge >= 0.3 is 0 Å². The standard InChI is InChI=1S/C13H19N/c1-9-6-11(3)12(7-10(9)2)8-13(14)4-5-13/h6-7H,4-5,8,14H2,1-3H3. The average molecular weight is 189 g/mol. The van der Waals surface area contributed by atoms with Gasteiger partial charge in [0.25, 0.3) is 0 Å². The Kier molecular flexibility index (Phi) is 2.15. The molecule has 0 atom stereocenters. The summed E-state index contributed by atoms with van der Waals surface area (Å²) in [6, 6.07) is 4.58. The molecule has 1 fully saturated rings. The smallest absolute Gasteiger partial charge is 0.0196 e. The number of nitrogens with two attached hydrogens (primary N) is 1. The summed E-state index contributed by atoms with van der Waals surface area (Å²) in [6.45, 7) is 6.53. The van der Waals surface area contributed by atoms with Gasteiger partial charge < -0.3 is 5.73 Å². The van der Waals surface area contributed by atoms with Crippen LogP contribution in [-0.2, 0) is 6.42 Å². The number of rotatable bonds is 2. The van der Waals surface area contributed by atoms with Gasteiger partial charge in [0.15, 0.2) is 0 Å². The van der Waals surface area contributed by atoms with Crippen LogP contribution in [0.15, 0.2) is 12.1 Å². The summed E-state index contributed by atoms with van der Waals surface area (Å²) in [4.78, 5) is 0. The molecule has 0 spiro atoms. The molecule has 76 valence electrons. The maximum atomic E-state index is 6.14. The maximum absolute atomic E-state index is 6.14. The molecule has 2 N–H and O–H groups in total. The second-order valence-corrected chi connectivity index (χ2v) is 4.90. The Balaban J connectivity index is 2.29. The molecule has 1 nitrogen and oxygen atoms in total. The van der Waals surface area contributed by atoms with Crippen molar-refractivity contribution in [3.63, 3.8) is 0 Å². The van der Waals surface area contributed by atoms with E-state index in [0.717, 1.165) is 6.42 Å². The van der Waals surface area contributed by atoms with E-state index in [2.05, 4.69) is 32.9 Å². The van der Waals surface area contributed by atoms with Gasteiger partial charge in [-0.2, -0.15) is 0 Å². The highest BCUT2D eigenvalue weighted by molar-refractivity contribution is 5.38. The molecule has 1 aliphatic carbocycles. The summed E-state index contributed by atoms with van der Waals surface area (Å²) < 4.78 is 0. The lowest BCUT2D eigenvalue weighted by atomic mass is 9.95. The molecule has 0 aliphatic heterocycles. The number of aryl methyl sites for hydroxylation is 3. The summed E-state index contributed by atoms with van der Waals surface area (Å²) in [7, 11) is 0. The van der Waals surface area contributed by atoms with Crippen molar-refractivity contribution in [2.45, 2.75) is 45.6 Å². The molecular formula is C13H19N. The molecule has 0 heterocycles. The van der Waals surface area contributed by atoms with Gasteiger partial charge in [-0.3, -0.25) is 0 Å². The third kappa shape index (κ3) is 1.83. The van der Waals surface area contributed by atoms with E-state index in [1.165, 1.54) is 35.1 Å². The van der Waals surface area contributed by atoms with Gasteiger partial charge in [0.2, 0.25) is 0 Å². The van der Waals surface area contributed by atoms with E-state index in [1.54, 1.807) is 0 Å². The van der Waals surface area contributed by atoms with E-state index in [0.29, 0.717) is 0 Å². The molecule has 1 saturated carbocycles. The largest absolute Gasteiger partial charge is 0.325 e. The van der Waals surface area contributed by atoms with Crippen LogP contribution in [0.5, 0.6) is 0 Å². The predicted octanol–water partition coefficient (Wildman–Crippen LogP) is 2.65. The number of benzene rings is 1. The van der Waals surface area contributed by atoms with E-state index in [9.17, 15) is 0 Å². The second-order valence-electron chi connectivity index (χ2n) is 4.90. The molecule has 0 bridgehead atoms. The van der Waals surface area contributed by atoms with E-state index in [1.807, 2.05) is 0 Å². The fourth-order valence-electron chi connectivity index (χ4n) is 1.93. The number of hydrogen-bond acceptors (Lipinski definition) is 1. The summed E-state index contributed by atoms with van der Waals surface area (Å²) in [5.74, 6) is 0. The molecule has 1 heteroatoms. The van der Waals surface area contributed by atoms with Crippen molar-refractivity contribution in [1.82, 2.24) is 0 Å². The normalized spacial score (nSPS) is 18.3. The van der Waals surface area contributed by atoms with Crippen LogP contribution in [0.4, 0.5) is 0 Å². The molecule has 1 aromatic carbocycles. The highest BCUT2D eigenvalue weighted by Gasteiger charge is 2.38. The van der Waals surface area contributed by atoms with Crippen LogP contribution >= 0.6 is 0 Å². The first kappa shape index (κ1) is 9.72. The average Bonchev–Trinajstić information content (AvgIpc) is 2.80. The van der Waals surface area contributed by atoms with Gasteiger partial charge in [-0.1, -0.05) is 12.1 Å². The Labute approximate surface area is 86.3 Å². The van der Waals surface area contributed by atoms with Crippen LogP contribution in [0.1, 0.15) is 35.1 Å². The minimum absolute atomic E-state index is 0.131. The Morgan fingerprint density at radius 1 is 1.07 bits per heavy atom. The van der Waals surface area contributed by atoms with Crippen molar-refractivity contribution in [1.29, 1.82) is 0 Å². The quantitative estimate of drug-likeness (QED) is 0.760. The highest BCUT2D eigenvalue weighted by Crippen LogP contribution is 2.36. The molecule has 1 aromatic rings. The van der Waals surface area contributed by atoms with Gasteiger partial charge in [-0.25, -0.2) is 0 Å². The van der Waals surface area contributed by atoms with Crippen molar-refractivity contribution in [3.8, 4) is 0 Å². The maximum Gasteiger partial charge on any atom is 0.0196 e. The van der Waals surface area contributed by atoms with Gasteiger partial charge in [-0.15, -0.1) is 0 Å². The first-order valence-electron chi connectivity index (χ1n) is 5.36. The molecular weight excluding hydrogens is 170 g/mol. The first-order valence-corrected chi connectivity index (χ1v) is 5.36. The minimum atomic E-state index is 0.131. The van der Waals surface area contributed by atoms with Gasteiger partial charge in [0, 0.05) is 5.54 Å². The molecule has 0 amide bonds. The van der Waals surface area contributed by atoms with Crippen molar-refractivity contribution in [2.24, 2.45) is 5.73 Å². The van der Waals surface area contributed by atoms with Crippen LogP contribution in [-0.4, -0.2) is 5.54 Å². The highest BCUT2D eigenvalue weighted by atomic mass is 14.8.